The Kier molecular flexibility index (Phi) is 4.44. The van der Waals surface area contributed by atoms with Crippen molar-refractivity contribution in [3.8, 4) is 0 Å². The number of nitrogens with one attached hydrogen (secondary N) is 1. The predicted molar refractivity (Wildman–Crippen MR) is 95.4 cm³/mol. The number of carbonyl (C=O) groups excluding carboxylic acids is 2. The van der Waals surface area contributed by atoms with Crippen molar-refractivity contribution in [2.45, 2.75) is 39.3 Å². The maximum absolute atomic E-state index is 12.9. The lowest BCUT2D eigenvalue weighted by Crippen LogP contribution is -2.34. The molecule has 1 saturated carbocycles. The van der Waals surface area contributed by atoms with Gasteiger partial charge in [-0.15, -0.1) is 10.2 Å². The van der Waals surface area contributed by atoms with Gasteiger partial charge < -0.3 is 14.8 Å². The Labute approximate surface area is 152 Å². The van der Waals surface area contributed by atoms with E-state index in [9.17, 15) is 9.59 Å². The first kappa shape index (κ1) is 16.8. The van der Waals surface area contributed by atoms with Gasteiger partial charge in [-0.25, -0.2) is 0 Å². The first-order valence-corrected chi connectivity index (χ1v) is 9.17. The third-order valence-electron chi connectivity index (χ3n) is 5.13. The Bertz CT molecular complexity index is 840. The normalized spacial score (nSPS) is 16.7. The number of nitrogens with zero attached hydrogens (tertiary/aromatic N) is 4. The lowest BCUT2D eigenvalue weighted by atomic mass is 10.1. The van der Waals surface area contributed by atoms with Crippen LogP contribution in [0.3, 0.4) is 0 Å². The van der Waals surface area contributed by atoms with Crippen molar-refractivity contribution in [1.82, 2.24) is 25.0 Å². The van der Waals surface area contributed by atoms with Crippen LogP contribution in [-0.2, 0) is 24.3 Å². The molecule has 1 aromatic heterocycles. The van der Waals surface area contributed by atoms with E-state index in [1.807, 2.05) is 40.7 Å². The van der Waals surface area contributed by atoms with Gasteiger partial charge in [0.1, 0.15) is 5.82 Å². The van der Waals surface area contributed by atoms with Crippen molar-refractivity contribution in [2.75, 3.05) is 13.1 Å². The Balaban J connectivity index is 1.43. The molecule has 2 heterocycles. The molecule has 0 saturated heterocycles. The summed E-state index contributed by atoms with van der Waals surface area (Å²) in [5.41, 5.74) is 1.74. The molecule has 1 N–H and O–H groups in total. The van der Waals surface area contributed by atoms with Gasteiger partial charge in [0.05, 0.1) is 6.54 Å². The molecule has 0 radical (unpaired) electrons. The first-order valence-electron chi connectivity index (χ1n) is 9.17. The fourth-order valence-electron chi connectivity index (χ4n) is 3.36. The van der Waals surface area contributed by atoms with Gasteiger partial charge in [-0.05, 0) is 31.4 Å². The van der Waals surface area contributed by atoms with Crippen molar-refractivity contribution in [1.29, 1.82) is 0 Å². The smallest absolute Gasteiger partial charge is 0.254 e. The Morgan fingerprint density at radius 3 is 2.73 bits per heavy atom. The molecule has 0 spiro atoms. The second-order valence-electron chi connectivity index (χ2n) is 7.03. The zero-order chi connectivity index (χ0) is 18.1. The molecule has 7 nitrogen and oxygen atoms in total. The zero-order valence-electron chi connectivity index (χ0n) is 14.9. The number of amides is 2. The maximum Gasteiger partial charge on any atom is 0.254 e. The molecule has 2 aromatic rings. The molecule has 7 heteroatoms. The minimum Gasteiger partial charge on any atom is -0.349 e. The van der Waals surface area contributed by atoms with E-state index in [-0.39, 0.29) is 17.7 Å². The minimum absolute atomic E-state index is 0.0606. The van der Waals surface area contributed by atoms with Gasteiger partial charge in [0.25, 0.3) is 5.91 Å². The highest BCUT2D eigenvalue weighted by atomic mass is 16.2. The zero-order valence-corrected chi connectivity index (χ0v) is 14.9. The lowest BCUT2D eigenvalue weighted by Gasteiger charge is -2.21. The number of rotatable bonds is 4. The van der Waals surface area contributed by atoms with Crippen molar-refractivity contribution in [3.05, 3.63) is 47.0 Å². The third kappa shape index (κ3) is 3.34. The van der Waals surface area contributed by atoms with Crippen molar-refractivity contribution >= 4 is 11.8 Å². The van der Waals surface area contributed by atoms with Crippen LogP contribution in [0.5, 0.6) is 0 Å². The van der Waals surface area contributed by atoms with E-state index in [0.717, 1.165) is 35.6 Å². The number of aryl methyl sites for hydroxylation is 1. The van der Waals surface area contributed by atoms with Crippen molar-refractivity contribution in [2.24, 2.45) is 5.92 Å². The fourth-order valence-corrected chi connectivity index (χ4v) is 3.36. The Hall–Kier alpha value is -2.70. The first-order chi connectivity index (χ1) is 12.6. The van der Waals surface area contributed by atoms with Crippen molar-refractivity contribution < 1.29 is 9.59 Å². The molecular weight excluding hydrogens is 330 g/mol. The Morgan fingerprint density at radius 1 is 1.15 bits per heavy atom. The number of benzene rings is 1. The van der Waals surface area contributed by atoms with E-state index in [0.29, 0.717) is 32.6 Å². The predicted octanol–water partition coefficient (Wildman–Crippen LogP) is 1.31. The molecule has 0 atom stereocenters. The summed E-state index contributed by atoms with van der Waals surface area (Å²) < 4.78 is 2.04. The molecule has 136 valence electrons. The van der Waals surface area contributed by atoms with Crippen LogP contribution >= 0.6 is 0 Å². The molecule has 1 aliphatic heterocycles. The highest BCUT2D eigenvalue weighted by Gasteiger charge is 2.30. The lowest BCUT2D eigenvalue weighted by molar-refractivity contribution is -0.122. The molecule has 0 unspecified atom stereocenters. The summed E-state index contributed by atoms with van der Waals surface area (Å²) in [5.74, 6) is 1.99. The van der Waals surface area contributed by atoms with Gasteiger partial charge >= 0.3 is 0 Å². The molecule has 1 aliphatic carbocycles. The van der Waals surface area contributed by atoms with Gasteiger partial charge in [-0.3, -0.25) is 9.59 Å². The molecule has 2 aliphatic rings. The van der Waals surface area contributed by atoms with Gasteiger partial charge in [-0.1, -0.05) is 18.2 Å². The van der Waals surface area contributed by atoms with Crippen LogP contribution in [0.4, 0.5) is 0 Å². The molecule has 1 aromatic carbocycles. The number of hydrogen-bond acceptors (Lipinski definition) is 4. The van der Waals surface area contributed by atoms with Gasteiger partial charge in [0.2, 0.25) is 5.91 Å². The largest absolute Gasteiger partial charge is 0.349 e. The average molecular weight is 353 g/mol. The number of hydrogen-bond donors (Lipinski definition) is 1. The van der Waals surface area contributed by atoms with Gasteiger partial charge in [-0.2, -0.15) is 0 Å². The summed E-state index contributed by atoms with van der Waals surface area (Å²) in [6.45, 7) is 4.24. The molecule has 26 heavy (non-hydrogen) atoms. The number of fused-ring (bicyclic) bond motifs is 1. The van der Waals surface area contributed by atoms with Crippen molar-refractivity contribution in [3.63, 3.8) is 0 Å². The van der Waals surface area contributed by atoms with E-state index in [1.54, 1.807) is 0 Å². The van der Waals surface area contributed by atoms with Crippen LogP contribution in [0.1, 0.15) is 40.4 Å². The van der Waals surface area contributed by atoms with E-state index in [1.165, 1.54) is 0 Å². The standard InChI is InChI=1S/C19H23N5O2/c1-13-4-2-3-5-15(13)19(26)23-9-8-16-21-22-17(24(16)11-10-23)12-20-18(25)14-6-7-14/h2-5,14H,6-12H2,1H3,(H,20,25). The molecular formula is C19H23N5O2. The molecule has 4 rings (SSSR count). The summed E-state index contributed by atoms with van der Waals surface area (Å²) >= 11 is 0. The number of aromatic nitrogens is 3. The summed E-state index contributed by atoms with van der Waals surface area (Å²) in [6.07, 6.45) is 2.64. The summed E-state index contributed by atoms with van der Waals surface area (Å²) in [6, 6.07) is 7.67. The number of carbonyl (C=O) groups is 2. The molecule has 0 bridgehead atoms. The van der Waals surface area contributed by atoms with Gasteiger partial charge in [0.15, 0.2) is 5.82 Å². The van der Waals surface area contributed by atoms with E-state index in [4.69, 9.17) is 0 Å². The van der Waals surface area contributed by atoms with E-state index >= 15 is 0 Å². The van der Waals surface area contributed by atoms with E-state index < -0.39 is 0 Å². The SMILES string of the molecule is Cc1ccccc1C(=O)N1CCc2nnc(CNC(=O)C3CC3)n2CC1. The third-order valence-corrected chi connectivity index (χ3v) is 5.13. The van der Waals surface area contributed by atoms with Gasteiger partial charge in [0, 0.05) is 37.5 Å². The second kappa shape index (κ2) is 6.90. The van der Waals surface area contributed by atoms with Crippen LogP contribution in [0, 0.1) is 12.8 Å². The second-order valence-corrected chi connectivity index (χ2v) is 7.03. The molecule has 1 fully saturated rings. The minimum atomic E-state index is 0.0606. The molecule has 2 amide bonds. The summed E-state index contributed by atoms with van der Waals surface area (Å²) in [4.78, 5) is 26.6. The Morgan fingerprint density at radius 2 is 1.96 bits per heavy atom. The van der Waals surface area contributed by atoms with E-state index in [2.05, 4.69) is 15.5 Å². The highest BCUT2D eigenvalue weighted by Crippen LogP contribution is 2.28. The highest BCUT2D eigenvalue weighted by molar-refractivity contribution is 5.95. The van der Waals surface area contributed by atoms with Crippen LogP contribution < -0.4 is 5.32 Å². The summed E-state index contributed by atoms with van der Waals surface area (Å²) in [7, 11) is 0. The monoisotopic (exact) mass is 353 g/mol. The topological polar surface area (TPSA) is 80.1 Å². The van der Waals surface area contributed by atoms with Crippen LogP contribution in [-0.4, -0.2) is 44.6 Å². The average Bonchev–Trinajstić information content (AvgIpc) is 3.45. The maximum atomic E-state index is 12.9. The quantitative estimate of drug-likeness (QED) is 0.899. The fraction of sp³-hybridized carbons (Fsp3) is 0.474. The van der Waals surface area contributed by atoms with Crippen LogP contribution in [0.15, 0.2) is 24.3 Å². The van der Waals surface area contributed by atoms with Crippen LogP contribution in [0.2, 0.25) is 0 Å². The summed E-state index contributed by atoms with van der Waals surface area (Å²) in [5, 5.41) is 11.4. The van der Waals surface area contributed by atoms with Crippen LogP contribution in [0.25, 0.3) is 0 Å².